The molecule has 1 fully saturated rings. The zero-order valence-electron chi connectivity index (χ0n) is 7.52. The standard InChI is InChI=1S/C8H17NO2/c1-7(2)5-10-6-8(3,4-9)11-7/h4-6,9H2,1-3H3. The van der Waals surface area contributed by atoms with Crippen molar-refractivity contribution in [2.45, 2.75) is 32.0 Å². The van der Waals surface area contributed by atoms with Crippen molar-refractivity contribution in [1.29, 1.82) is 0 Å². The lowest BCUT2D eigenvalue weighted by Gasteiger charge is -2.42. The normalized spacial score (nSPS) is 37.1. The third-order valence-corrected chi connectivity index (χ3v) is 1.81. The van der Waals surface area contributed by atoms with Crippen molar-refractivity contribution < 1.29 is 9.47 Å². The molecule has 0 aromatic rings. The molecule has 66 valence electrons. The first-order chi connectivity index (χ1) is 4.97. The zero-order chi connectivity index (χ0) is 8.54. The van der Waals surface area contributed by atoms with Gasteiger partial charge in [-0.15, -0.1) is 0 Å². The van der Waals surface area contributed by atoms with Gasteiger partial charge in [-0.2, -0.15) is 0 Å². The fraction of sp³-hybridized carbons (Fsp3) is 1.00. The van der Waals surface area contributed by atoms with Crippen molar-refractivity contribution in [3.05, 3.63) is 0 Å². The summed E-state index contributed by atoms with van der Waals surface area (Å²) in [6, 6.07) is 0. The molecule has 3 heteroatoms. The van der Waals surface area contributed by atoms with Crippen molar-refractivity contribution in [1.82, 2.24) is 0 Å². The second-order valence-electron chi connectivity index (χ2n) is 4.01. The third kappa shape index (κ3) is 2.15. The van der Waals surface area contributed by atoms with Gasteiger partial charge in [0.25, 0.3) is 0 Å². The lowest BCUT2D eigenvalue weighted by Crippen LogP contribution is -2.54. The molecule has 1 rings (SSSR count). The SMILES string of the molecule is CC1(C)COCC(C)(CN)O1. The van der Waals surface area contributed by atoms with E-state index in [1.165, 1.54) is 0 Å². The van der Waals surface area contributed by atoms with Crippen molar-refractivity contribution >= 4 is 0 Å². The van der Waals surface area contributed by atoms with Crippen LogP contribution in [0.25, 0.3) is 0 Å². The predicted molar refractivity (Wildman–Crippen MR) is 43.4 cm³/mol. The molecule has 0 aliphatic carbocycles. The molecule has 1 aliphatic rings. The number of hydrogen-bond donors (Lipinski definition) is 1. The van der Waals surface area contributed by atoms with E-state index in [1.807, 2.05) is 20.8 Å². The molecule has 1 saturated heterocycles. The second-order valence-corrected chi connectivity index (χ2v) is 4.01. The summed E-state index contributed by atoms with van der Waals surface area (Å²) in [5, 5.41) is 0. The van der Waals surface area contributed by atoms with E-state index in [9.17, 15) is 0 Å². The minimum Gasteiger partial charge on any atom is -0.375 e. The van der Waals surface area contributed by atoms with Gasteiger partial charge in [0.2, 0.25) is 0 Å². The van der Waals surface area contributed by atoms with Gasteiger partial charge in [0.1, 0.15) is 5.60 Å². The van der Waals surface area contributed by atoms with Gasteiger partial charge in [0.15, 0.2) is 0 Å². The fourth-order valence-corrected chi connectivity index (χ4v) is 1.34. The summed E-state index contributed by atoms with van der Waals surface area (Å²) in [7, 11) is 0. The Morgan fingerprint density at radius 1 is 1.27 bits per heavy atom. The minimum atomic E-state index is -0.290. The first-order valence-electron chi connectivity index (χ1n) is 3.95. The molecule has 0 bridgehead atoms. The molecule has 3 nitrogen and oxygen atoms in total. The minimum absolute atomic E-state index is 0.188. The summed E-state index contributed by atoms with van der Waals surface area (Å²) in [5.41, 5.74) is 5.08. The molecule has 0 amide bonds. The Kier molecular flexibility index (Phi) is 2.23. The molecular weight excluding hydrogens is 142 g/mol. The maximum atomic E-state index is 5.76. The van der Waals surface area contributed by atoms with E-state index in [2.05, 4.69) is 0 Å². The Labute approximate surface area is 67.9 Å². The summed E-state index contributed by atoms with van der Waals surface area (Å²) < 4.78 is 11.1. The van der Waals surface area contributed by atoms with Crippen molar-refractivity contribution in [2.24, 2.45) is 5.73 Å². The number of rotatable bonds is 1. The van der Waals surface area contributed by atoms with Gasteiger partial charge in [0, 0.05) is 6.54 Å². The Bertz CT molecular complexity index is 147. The Hall–Kier alpha value is -0.120. The highest BCUT2D eigenvalue weighted by Crippen LogP contribution is 2.25. The van der Waals surface area contributed by atoms with Gasteiger partial charge in [-0.05, 0) is 20.8 Å². The Morgan fingerprint density at radius 2 is 1.91 bits per heavy atom. The number of hydrogen-bond acceptors (Lipinski definition) is 3. The summed E-state index contributed by atoms with van der Waals surface area (Å²) in [6.07, 6.45) is 0. The maximum absolute atomic E-state index is 5.76. The molecule has 1 atom stereocenters. The van der Waals surface area contributed by atoms with Crippen LogP contribution in [0.15, 0.2) is 0 Å². The van der Waals surface area contributed by atoms with E-state index in [1.54, 1.807) is 0 Å². The van der Waals surface area contributed by atoms with Crippen LogP contribution in [0.3, 0.4) is 0 Å². The van der Waals surface area contributed by atoms with E-state index < -0.39 is 0 Å². The van der Waals surface area contributed by atoms with Gasteiger partial charge >= 0.3 is 0 Å². The monoisotopic (exact) mass is 159 g/mol. The predicted octanol–water partition coefficient (Wildman–Crippen LogP) is 0.529. The van der Waals surface area contributed by atoms with Crippen molar-refractivity contribution in [3.8, 4) is 0 Å². The van der Waals surface area contributed by atoms with Crippen LogP contribution in [0.1, 0.15) is 20.8 Å². The van der Waals surface area contributed by atoms with Crippen LogP contribution in [0, 0.1) is 0 Å². The topological polar surface area (TPSA) is 44.5 Å². The van der Waals surface area contributed by atoms with E-state index in [0.717, 1.165) is 0 Å². The van der Waals surface area contributed by atoms with E-state index in [-0.39, 0.29) is 11.2 Å². The summed E-state index contributed by atoms with van der Waals surface area (Å²) in [6.45, 7) is 7.78. The van der Waals surface area contributed by atoms with Crippen molar-refractivity contribution in [2.75, 3.05) is 19.8 Å². The Balaban J connectivity index is 2.59. The average Bonchev–Trinajstić information content (AvgIpc) is 1.85. The van der Waals surface area contributed by atoms with Gasteiger partial charge < -0.3 is 15.2 Å². The molecule has 2 N–H and O–H groups in total. The van der Waals surface area contributed by atoms with Gasteiger partial charge in [0.05, 0.1) is 18.8 Å². The second kappa shape index (κ2) is 2.73. The molecule has 0 aromatic carbocycles. The van der Waals surface area contributed by atoms with Crippen LogP contribution in [0.5, 0.6) is 0 Å². The molecule has 0 spiro atoms. The largest absolute Gasteiger partial charge is 0.375 e. The Morgan fingerprint density at radius 3 is 2.27 bits per heavy atom. The highest BCUT2D eigenvalue weighted by molar-refractivity contribution is 4.85. The number of nitrogens with two attached hydrogens (primary N) is 1. The number of ether oxygens (including phenoxy) is 2. The first-order valence-corrected chi connectivity index (χ1v) is 3.95. The lowest BCUT2D eigenvalue weighted by molar-refractivity contribution is -0.225. The lowest BCUT2D eigenvalue weighted by atomic mass is 10.0. The van der Waals surface area contributed by atoms with E-state index >= 15 is 0 Å². The third-order valence-electron chi connectivity index (χ3n) is 1.81. The van der Waals surface area contributed by atoms with Crippen LogP contribution in [0.2, 0.25) is 0 Å². The average molecular weight is 159 g/mol. The van der Waals surface area contributed by atoms with Crippen LogP contribution in [-0.4, -0.2) is 31.0 Å². The summed E-state index contributed by atoms with van der Waals surface area (Å²) >= 11 is 0. The molecule has 0 radical (unpaired) electrons. The van der Waals surface area contributed by atoms with E-state index in [0.29, 0.717) is 19.8 Å². The highest BCUT2D eigenvalue weighted by Gasteiger charge is 2.36. The quantitative estimate of drug-likeness (QED) is 0.607. The summed E-state index contributed by atoms with van der Waals surface area (Å²) in [5.74, 6) is 0. The van der Waals surface area contributed by atoms with Gasteiger partial charge in [-0.3, -0.25) is 0 Å². The molecule has 11 heavy (non-hydrogen) atoms. The van der Waals surface area contributed by atoms with Gasteiger partial charge in [-0.25, -0.2) is 0 Å². The molecule has 0 aromatic heterocycles. The van der Waals surface area contributed by atoms with Crippen molar-refractivity contribution in [3.63, 3.8) is 0 Å². The first kappa shape index (κ1) is 8.97. The van der Waals surface area contributed by atoms with Crippen LogP contribution >= 0.6 is 0 Å². The molecule has 1 aliphatic heterocycles. The van der Waals surface area contributed by atoms with Gasteiger partial charge in [-0.1, -0.05) is 0 Å². The maximum Gasteiger partial charge on any atom is 0.102 e. The molecular formula is C8H17NO2. The van der Waals surface area contributed by atoms with Crippen LogP contribution < -0.4 is 5.73 Å². The molecule has 0 saturated carbocycles. The van der Waals surface area contributed by atoms with Crippen LogP contribution in [0.4, 0.5) is 0 Å². The molecule has 1 heterocycles. The molecule has 1 unspecified atom stereocenters. The fourth-order valence-electron chi connectivity index (χ4n) is 1.34. The van der Waals surface area contributed by atoms with E-state index in [4.69, 9.17) is 15.2 Å². The van der Waals surface area contributed by atoms with Crippen LogP contribution in [-0.2, 0) is 9.47 Å². The summed E-state index contributed by atoms with van der Waals surface area (Å²) in [4.78, 5) is 0. The zero-order valence-corrected chi connectivity index (χ0v) is 7.52. The smallest absolute Gasteiger partial charge is 0.102 e. The highest BCUT2D eigenvalue weighted by atomic mass is 16.6.